The first-order valence-electron chi connectivity index (χ1n) is 5.30. The second kappa shape index (κ2) is 5.82. The van der Waals surface area contributed by atoms with E-state index in [9.17, 15) is 0 Å². The smallest absolute Gasteiger partial charge is 0.0707 e. The quantitative estimate of drug-likeness (QED) is 0.498. The molecular weight excluding hydrogens is 188 g/mol. The monoisotopic (exact) mass is 208 g/mol. The maximum absolute atomic E-state index is 7.05. The maximum atomic E-state index is 7.05. The van der Waals surface area contributed by atoms with Gasteiger partial charge in [-0.15, -0.1) is 0 Å². The second-order valence-corrected chi connectivity index (χ2v) is 3.82. The summed E-state index contributed by atoms with van der Waals surface area (Å²) in [6.07, 6.45) is 1.16. The van der Waals surface area contributed by atoms with Crippen molar-refractivity contribution in [2.75, 3.05) is 0 Å². The normalized spacial score (nSPS) is 14.9. The third-order valence-electron chi connectivity index (χ3n) is 2.64. The van der Waals surface area contributed by atoms with E-state index in [0.29, 0.717) is 12.5 Å². The highest BCUT2D eigenvalue weighted by Gasteiger charge is 2.02. The van der Waals surface area contributed by atoms with Gasteiger partial charge >= 0.3 is 0 Å². The molecule has 0 aliphatic heterocycles. The summed E-state index contributed by atoms with van der Waals surface area (Å²) in [7, 11) is 0. The van der Waals surface area contributed by atoms with Crippen LogP contribution in [0.5, 0.6) is 0 Å². The fourth-order valence-electron chi connectivity index (χ4n) is 1.40. The maximum Gasteiger partial charge on any atom is 0.0707 e. The number of nitrogens with two attached hydrogens (primary N) is 1. The first-order valence-corrected chi connectivity index (χ1v) is 5.30. The summed E-state index contributed by atoms with van der Waals surface area (Å²) in [4.78, 5) is 0. The predicted octanol–water partition coefficient (Wildman–Crippen LogP) is 0.931. The number of benzene rings is 1. The number of hydrogen-bond acceptors (Lipinski definition) is 2. The molecule has 0 aromatic heterocycles. The largest absolute Gasteiger partial charge is 0.427 e. The molecule has 84 valence electrons. The average Bonchev–Trinajstić information content (AvgIpc) is 2.26. The molecule has 2 unspecified atom stereocenters. The van der Waals surface area contributed by atoms with Crippen molar-refractivity contribution < 1.29 is 5.23 Å². The lowest BCUT2D eigenvalue weighted by Gasteiger charge is -2.15. The Kier molecular flexibility index (Phi) is 4.71. The molecule has 0 fully saturated rings. The molecule has 5 N–H and O–H groups in total. The predicted molar refractivity (Wildman–Crippen MR) is 61.5 cm³/mol. The van der Waals surface area contributed by atoms with Gasteiger partial charge in [0.15, 0.2) is 0 Å². The summed E-state index contributed by atoms with van der Waals surface area (Å²) < 4.78 is 0. The third-order valence-corrected chi connectivity index (χ3v) is 2.64. The molecule has 0 amide bonds. The van der Waals surface area contributed by atoms with E-state index < -0.39 is 0 Å². The summed E-state index contributed by atoms with van der Waals surface area (Å²) in [5, 5.41) is 0.0148. The van der Waals surface area contributed by atoms with E-state index >= 15 is 0 Å². The van der Waals surface area contributed by atoms with Gasteiger partial charge in [0.25, 0.3) is 0 Å². The molecule has 15 heavy (non-hydrogen) atoms. The second-order valence-electron chi connectivity index (χ2n) is 3.82. The number of nitrogens with one attached hydrogen (secondary N) is 3. The minimum atomic E-state index is 0.0148. The molecule has 0 radical (unpaired) electrons. The minimum Gasteiger partial charge on any atom is -0.427 e. The Morgan fingerprint density at radius 1 is 1.40 bits per heavy atom. The van der Waals surface area contributed by atoms with E-state index in [1.807, 2.05) is 0 Å². The zero-order chi connectivity index (χ0) is 11.3. The van der Waals surface area contributed by atoms with E-state index in [2.05, 4.69) is 43.5 Å². The molecule has 0 aliphatic rings. The van der Waals surface area contributed by atoms with Gasteiger partial charge in [-0.1, -0.05) is 38.1 Å². The molecule has 0 aliphatic carbocycles. The Balaban J connectivity index is 2.56. The van der Waals surface area contributed by atoms with Crippen molar-refractivity contribution >= 4 is 0 Å². The SMILES string of the molecule is CCC(C)c1ccc(CN[NH+]([NH-])N)cc1. The summed E-state index contributed by atoms with van der Waals surface area (Å²) >= 11 is 0. The van der Waals surface area contributed by atoms with Crippen LogP contribution in [0.1, 0.15) is 37.3 Å². The molecule has 4 heteroatoms. The summed E-state index contributed by atoms with van der Waals surface area (Å²) in [5.74, 6) is 12.9. The van der Waals surface area contributed by atoms with Gasteiger partial charge in [-0.25, -0.2) is 0 Å². The molecule has 2 atom stereocenters. The zero-order valence-electron chi connectivity index (χ0n) is 9.38. The molecule has 0 heterocycles. The highest BCUT2D eigenvalue weighted by atomic mass is 15.8. The van der Waals surface area contributed by atoms with Crippen molar-refractivity contribution in [3.63, 3.8) is 0 Å². The fraction of sp³-hybridized carbons (Fsp3) is 0.455. The Morgan fingerprint density at radius 2 is 2.00 bits per heavy atom. The van der Waals surface area contributed by atoms with Gasteiger partial charge in [0.2, 0.25) is 0 Å². The topological polar surface area (TPSA) is 66.3 Å². The van der Waals surface area contributed by atoms with Crippen LogP contribution in [0, 0.1) is 0 Å². The zero-order valence-corrected chi connectivity index (χ0v) is 9.38. The van der Waals surface area contributed by atoms with Crippen LogP contribution in [0.25, 0.3) is 5.84 Å². The van der Waals surface area contributed by atoms with E-state index in [4.69, 9.17) is 11.7 Å². The molecule has 0 spiro atoms. The lowest BCUT2D eigenvalue weighted by Crippen LogP contribution is -3.18. The first-order chi connectivity index (χ1) is 7.13. The Bertz CT molecular complexity index is 281. The lowest BCUT2D eigenvalue weighted by atomic mass is 9.98. The first kappa shape index (κ1) is 12.1. The van der Waals surface area contributed by atoms with Crippen LogP contribution in [0.15, 0.2) is 24.3 Å². The van der Waals surface area contributed by atoms with Crippen LogP contribution in [0.4, 0.5) is 0 Å². The third kappa shape index (κ3) is 3.97. The van der Waals surface area contributed by atoms with Crippen molar-refractivity contribution in [2.45, 2.75) is 32.7 Å². The van der Waals surface area contributed by atoms with Crippen molar-refractivity contribution in [1.29, 1.82) is 0 Å². The Morgan fingerprint density at radius 3 is 2.47 bits per heavy atom. The van der Waals surface area contributed by atoms with E-state index in [1.54, 1.807) is 0 Å². The van der Waals surface area contributed by atoms with E-state index in [0.717, 1.165) is 12.0 Å². The van der Waals surface area contributed by atoms with Crippen molar-refractivity contribution in [1.82, 2.24) is 5.43 Å². The molecule has 1 rings (SSSR count). The van der Waals surface area contributed by atoms with Crippen LogP contribution in [0.2, 0.25) is 0 Å². The summed E-state index contributed by atoms with van der Waals surface area (Å²) in [6, 6.07) is 8.45. The van der Waals surface area contributed by atoms with Gasteiger partial charge in [0.05, 0.1) is 6.54 Å². The Hall–Kier alpha value is -0.940. The minimum absolute atomic E-state index is 0.0148. The van der Waals surface area contributed by atoms with Gasteiger partial charge in [-0.2, -0.15) is 11.3 Å². The lowest BCUT2D eigenvalue weighted by molar-refractivity contribution is -0.910. The summed E-state index contributed by atoms with van der Waals surface area (Å²) in [6.45, 7) is 5.04. The number of rotatable bonds is 5. The molecule has 1 aromatic rings. The van der Waals surface area contributed by atoms with Crippen molar-refractivity contribution in [3.05, 3.63) is 41.2 Å². The van der Waals surface area contributed by atoms with E-state index in [-0.39, 0.29) is 5.23 Å². The van der Waals surface area contributed by atoms with Crippen LogP contribution in [0.3, 0.4) is 0 Å². The average molecular weight is 208 g/mol. The van der Waals surface area contributed by atoms with E-state index in [1.165, 1.54) is 5.56 Å². The van der Waals surface area contributed by atoms with Crippen LogP contribution < -0.4 is 16.5 Å². The van der Waals surface area contributed by atoms with Crippen LogP contribution in [-0.4, -0.2) is 0 Å². The molecule has 0 saturated heterocycles. The fourth-order valence-corrected chi connectivity index (χ4v) is 1.40. The van der Waals surface area contributed by atoms with Crippen LogP contribution >= 0.6 is 0 Å². The highest BCUT2D eigenvalue weighted by Crippen LogP contribution is 2.18. The van der Waals surface area contributed by atoms with Gasteiger partial charge in [-0.3, -0.25) is 5.23 Å². The Labute approximate surface area is 91.2 Å². The summed E-state index contributed by atoms with van der Waals surface area (Å²) in [5.41, 5.74) is 5.30. The van der Waals surface area contributed by atoms with Gasteiger partial charge in [0, 0.05) is 0 Å². The molecule has 1 aromatic carbocycles. The molecular formula is C11H20N4. The molecule has 0 bridgehead atoms. The van der Waals surface area contributed by atoms with Gasteiger partial charge in [0.1, 0.15) is 0 Å². The van der Waals surface area contributed by atoms with Crippen molar-refractivity contribution in [3.8, 4) is 0 Å². The molecule has 4 nitrogen and oxygen atoms in total. The van der Waals surface area contributed by atoms with Gasteiger partial charge in [-0.05, 0) is 23.5 Å². The van der Waals surface area contributed by atoms with Gasteiger partial charge < -0.3 is 5.84 Å². The van der Waals surface area contributed by atoms with Crippen LogP contribution in [-0.2, 0) is 6.54 Å². The van der Waals surface area contributed by atoms with Crippen molar-refractivity contribution in [2.24, 2.45) is 5.84 Å². The standard InChI is InChI=1S/C11H20N4/c1-3-9(2)11-6-4-10(5-7-11)8-14-15(12)13/h4-7,9,12,14-15H,3,8,13H2,1-2H3. The number of hydrogen-bond donors (Lipinski definition) is 3. The number of quaternary nitrogens is 1. The molecule has 0 saturated carbocycles. The highest BCUT2D eigenvalue weighted by molar-refractivity contribution is 5.24.